The molecule has 0 unspecified atom stereocenters. The molecule has 458 valence electrons. The molecule has 39 heteroatoms. The van der Waals surface area contributed by atoms with Crippen molar-refractivity contribution in [2.24, 2.45) is 4.99 Å². The van der Waals surface area contributed by atoms with Crippen LogP contribution >= 0.6 is 0 Å². The van der Waals surface area contributed by atoms with Gasteiger partial charge < -0.3 is 14.8 Å². The Kier molecular flexibility index (Phi) is 17.0. The van der Waals surface area contributed by atoms with Gasteiger partial charge >= 0.3 is 101 Å². The highest BCUT2D eigenvalue weighted by Crippen LogP contribution is 2.66. The van der Waals surface area contributed by atoms with Gasteiger partial charge in [-0.2, -0.15) is 149 Å². The molecule has 0 spiro atoms. The summed E-state index contributed by atoms with van der Waals surface area (Å²) in [5.74, 6) is -118. The van der Waals surface area contributed by atoms with Gasteiger partial charge in [-0.05, 0) is 48.7 Å². The second kappa shape index (κ2) is 20.4. The molecule has 2 N–H and O–H groups in total. The number of halogens is 34. The smallest absolute Gasteiger partial charge is 0.460 e. The summed E-state index contributed by atoms with van der Waals surface area (Å²) >= 11 is 0. The van der Waals surface area contributed by atoms with E-state index < -0.39 is 168 Å². The fourth-order valence-electron chi connectivity index (χ4n) is 7.02. The summed E-state index contributed by atoms with van der Waals surface area (Å²) in [4.78, 5) is 15.7. The van der Waals surface area contributed by atoms with Crippen LogP contribution in [0.1, 0.15) is 36.0 Å². The molecule has 81 heavy (non-hydrogen) atoms. The highest BCUT2D eigenvalue weighted by Gasteiger charge is 2.97. The van der Waals surface area contributed by atoms with Crippen molar-refractivity contribution >= 4 is 22.6 Å². The molecule has 0 amide bonds. The lowest BCUT2D eigenvalue weighted by atomic mass is 9.88. The average Bonchev–Trinajstić information content (AvgIpc) is 3.31. The van der Waals surface area contributed by atoms with E-state index in [1.54, 1.807) is 0 Å². The molecule has 0 bridgehead atoms. The summed E-state index contributed by atoms with van der Waals surface area (Å²) in [6.45, 7) is -2.58. The molecule has 2 aromatic carbocycles. The zero-order valence-corrected chi connectivity index (χ0v) is 38.1. The van der Waals surface area contributed by atoms with Crippen molar-refractivity contribution in [1.82, 2.24) is 0 Å². The summed E-state index contributed by atoms with van der Waals surface area (Å²) in [6.07, 6.45) is -25.1. The molecule has 1 aliphatic carbocycles. The topological polar surface area (TPSA) is 74.8 Å². The molecule has 0 atom stereocenters. The van der Waals surface area contributed by atoms with E-state index in [2.05, 4.69) is 10.3 Å². The Labute approximate surface area is 424 Å². The van der Waals surface area contributed by atoms with Crippen LogP contribution < -0.4 is 10.7 Å². The molecule has 2 aliphatic rings. The van der Waals surface area contributed by atoms with Gasteiger partial charge in [-0.1, -0.05) is 18.2 Å². The molecule has 0 fully saturated rings. The number of anilines is 1. The van der Waals surface area contributed by atoms with Crippen molar-refractivity contribution in [3.8, 4) is 22.5 Å². The molecule has 1 heterocycles. The van der Waals surface area contributed by atoms with Crippen LogP contribution in [0.2, 0.25) is 0 Å². The van der Waals surface area contributed by atoms with E-state index in [1.807, 2.05) is 0 Å². The first-order chi connectivity index (χ1) is 35.9. The van der Waals surface area contributed by atoms with Crippen LogP contribution in [-0.2, 0) is 0 Å². The predicted molar refractivity (Wildman–Crippen MR) is 204 cm³/mol. The normalized spacial score (nSPS) is 15.5. The number of alkyl halides is 34. The summed E-state index contributed by atoms with van der Waals surface area (Å²) in [7, 11) is 0. The number of fused-ring (bicyclic) bond motifs is 2. The van der Waals surface area contributed by atoms with Gasteiger partial charge in [0.25, 0.3) is 0 Å². The van der Waals surface area contributed by atoms with E-state index in [9.17, 15) is 159 Å². The third-order valence-corrected chi connectivity index (χ3v) is 11.6. The lowest BCUT2D eigenvalue weighted by Crippen LogP contribution is -2.74. The first kappa shape index (κ1) is 67.5. The van der Waals surface area contributed by atoms with Gasteiger partial charge in [0.1, 0.15) is 11.3 Å². The quantitative estimate of drug-likeness (QED) is 0.0441. The number of hydrogen-bond donors (Lipinski definition) is 2. The van der Waals surface area contributed by atoms with Crippen molar-refractivity contribution in [3.05, 3.63) is 71.6 Å². The zero-order chi connectivity index (χ0) is 63.2. The number of nitrogens with zero attached hydrogens (tertiary/aromatic N) is 1. The maximum Gasteiger partial charge on any atom is 0.460 e. The Balaban J connectivity index is 1.66. The van der Waals surface area contributed by atoms with Crippen molar-refractivity contribution in [1.29, 1.82) is 0 Å². The van der Waals surface area contributed by atoms with E-state index in [1.165, 1.54) is 12.1 Å². The highest BCUT2D eigenvalue weighted by atomic mass is 19.4. The van der Waals surface area contributed by atoms with Crippen molar-refractivity contribution in [2.75, 3.05) is 18.4 Å². The van der Waals surface area contributed by atoms with Crippen LogP contribution in [0.25, 0.3) is 33.4 Å². The van der Waals surface area contributed by atoms with Gasteiger partial charge in [0, 0.05) is 60.3 Å². The second-order valence-electron chi connectivity index (χ2n) is 17.0. The van der Waals surface area contributed by atoms with Gasteiger partial charge in [0.2, 0.25) is 0 Å². The first-order valence-electron chi connectivity index (χ1n) is 20.9. The van der Waals surface area contributed by atoms with E-state index in [4.69, 9.17) is 4.42 Å². The second-order valence-corrected chi connectivity index (χ2v) is 17.0. The van der Waals surface area contributed by atoms with Gasteiger partial charge in [-0.25, -0.2) is 4.79 Å². The first-order valence-corrected chi connectivity index (χ1v) is 20.9. The van der Waals surface area contributed by atoms with E-state index in [-0.39, 0.29) is 22.1 Å². The summed E-state index contributed by atoms with van der Waals surface area (Å²) in [5, 5.41) is 11.2. The molecular formula is C42H24F34N2O3. The predicted octanol–water partition coefficient (Wildman–Crippen LogP) is 16.8. The van der Waals surface area contributed by atoms with Gasteiger partial charge in [-0.3, -0.25) is 4.99 Å². The third-order valence-electron chi connectivity index (χ3n) is 11.6. The van der Waals surface area contributed by atoms with Crippen molar-refractivity contribution in [3.63, 3.8) is 0 Å². The average molecular weight is 1250 g/mol. The molecule has 4 rings (SSSR count). The van der Waals surface area contributed by atoms with E-state index in [0.717, 1.165) is 48.5 Å². The van der Waals surface area contributed by atoms with Gasteiger partial charge in [-0.15, -0.1) is 0 Å². The lowest BCUT2D eigenvalue weighted by Gasteiger charge is -2.42. The number of benzene rings is 3. The fourth-order valence-corrected chi connectivity index (χ4v) is 7.02. The minimum absolute atomic E-state index is 0.169. The maximum atomic E-state index is 14.5. The SMILES string of the molecule is O=C(O)c1ccccc1-c1c2ccc(=NCCCC(F)(F)C(F)(F)C(F)(F)C(F)(F)C(F)(F)C(F)(F)C(F)(F)C(F)(F)F)cc-2oc2cc(NCCCC(F)(F)C(F)(F)C(F)(F)C(F)(F)C(F)(F)C(F)(F)C(F)(F)C(F)(F)F)ccc12. The Bertz CT molecular complexity index is 2970. The minimum Gasteiger partial charge on any atom is -0.478 e. The summed E-state index contributed by atoms with van der Waals surface area (Å²) in [5.41, 5.74) is -2.06. The Morgan fingerprint density at radius 2 is 0.840 bits per heavy atom. The van der Waals surface area contributed by atoms with Crippen LogP contribution in [0, 0.1) is 0 Å². The Hall–Kier alpha value is -5.98. The summed E-state index contributed by atoms with van der Waals surface area (Å²) in [6, 6.07) is 9.87. The van der Waals surface area contributed by atoms with Crippen LogP contribution in [0.4, 0.5) is 155 Å². The zero-order valence-electron chi connectivity index (χ0n) is 38.1. The molecule has 1 aliphatic heterocycles. The monoisotopic (exact) mass is 1250 g/mol. The van der Waals surface area contributed by atoms with Crippen LogP contribution in [0.5, 0.6) is 0 Å². The minimum atomic E-state index is -8.86. The molecule has 0 aromatic heterocycles. The third kappa shape index (κ3) is 10.3. The number of hydrogen-bond acceptors (Lipinski definition) is 4. The maximum absolute atomic E-state index is 14.5. The largest absolute Gasteiger partial charge is 0.478 e. The van der Waals surface area contributed by atoms with E-state index >= 15 is 0 Å². The highest BCUT2D eigenvalue weighted by molar-refractivity contribution is 6.07. The number of nitrogens with one attached hydrogen (secondary N) is 1. The molecule has 0 saturated heterocycles. The van der Waals surface area contributed by atoms with Crippen molar-refractivity contribution in [2.45, 2.75) is 121 Å². The Morgan fingerprint density at radius 3 is 1.26 bits per heavy atom. The number of carboxylic acid groups (broad SMARTS) is 1. The van der Waals surface area contributed by atoms with Crippen LogP contribution in [0.3, 0.4) is 0 Å². The molecule has 0 radical (unpaired) electrons. The standard InChI is InChI=1S/C42H24F34N2O3/c43-27(44,29(47,48)31(51,52)33(55,56)35(59,60)37(63,64)39(67,68)41(71,72)73)11-3-13-77-17-7-9-21-23(15-17)81-24-16-18(8-10-22(24)25(21)19-5-1-2-6-20(19)26(79)80)78-14-4-12-28(45,46)30(49,50)32(53,54)34(57,58)36(61,62)38(65,66)40(69,70)42(74,75)76/h1-2,5-10,15-16,77H,3-4,11-14H2,(H,79,80). The number of aromatic carboxylic acids is 1. The molecular weight excluding hydrogens is 1230 g/mol. The number of rotatable bonds is 23. The molecule has 0 saturated carbocycles. The van der Waals surface area contributed by atoms with Gasteiger partial charge in [0.15, 0.2) is 0 Å². The van der Waals surface area contributed by atoms with Gasteiger partial charge in [0.05, 0.1) is 10.9 Å². The Morgan fingerprint density at radius 1 is 0.444 bits per heavy atom. The van der Waals surface area contributed by atoms with Crippen LogP contribution in [-0.4, -0.2) is 119 Å². The number of carbonyl (C=O) groups is 1. The lowest BCUT2D eigenvalue weighted by molar-refractivity contribution is -0.461. The van der Waals surface area contributed by atoms with Crippen LogP contribution in [0.15, 0.2) is 70.1 Å². The number of carboxylic acids is 1. The fraction of sp³-hybridized carbons (Fsp3) is 0.524. The molecule has 2 aromatic rings. The molecule has 5 nitrogen and oxygen atoms in total. The van der Waals surface area contributed by atoms with E-state index in [0.29, 0.717) is 0 Å². The van der Waals surface area contributed by atoms with Crippen molar-refractivity contribution < 1.29 is 164 Å². The summed E-state index contributed by atoms with van der Waals surface area (Å²) < 4.78 is 471.